The molecular formula is C24H29B2N3O8. The van der Waals surface area contributed by atoms with E-state index >= 15 is 0 Å². The van der Waals surface area contributed by atoms with Gasteiger partial charge in [-0.25, -0.2) is 0 Å². The van der Waals surface area contributed by atoms with E-state index in [0.717, 1.165) is 11.1 Å². The lowest BCUT2D eigenvalue weighted by Gasteiger charge is -2.20. The van der Waals surface area contributed by atoms with Crippen LogP contribution >= 0.6 is 0 Å². The van der Waals surface area contributed by atoms with Crippen LogP contribution in [-0.2, 0) is 27.3 Å². The average molecular weight is 509 g/mol. The molecule has 2 aromatic carbocycles. The van der Waals surface area contributed by atoms with Gasteiger partial charge in [0.25, 0.3) is 11.8 Å². The van der Waals surface area contributed by atoms with E-state index in [1.807, 2.05) is 0 Å². The van der Waals surface area contributed by atoms with Crippen molar-refractivity contribution < 1.29 is 38.8 Å². The standard InChI is InChI=1S/C24H29B2N3O8/c30-22(31)13-29(9-1-7-27-23(32)16-3-5-18-14-36-25(34)20(18)11-16)10-2-8-28-24(33)17-4-6-19-15-37-26(35)21(19)12-17/h3-6,11-12,34-35H,1-2,7-10,13-15H2,(H,27,32)(H,28,33)(H,30,31). The van der Waals surface area contributed by atoms with E-state index in [1.165, 1.54) is 0 Å². The summed E-state index contributed by atoms with van der Waals surface area (Å²) in [5.74, 6) is -1.51. The number of carboxylic acid groups (broad SMARTS) is 1. The Morgan fingerprint density at radius 3 is 1.70 bits per heavy atom. The molecule has 2 amide bonds. The Morgan fingerprint density at radius 1 is 0.811 bits per heavy atom. The molecule has 2 aromatic rings. The van der Waals surface area contributed by atoms with Crippen LogP contribution in [0.1, 0.15) is 44.7 Å². The molecule has 0 unspecified atom stereocenters. The number of carbonyl (C=O) groups excluding carboxylic acids is 2. The summed E-state index contributed by atoms with van der Waals surface area (Å²) in [6, 6.07) is 10.1. The van der Waals surface area contributed by atoms with Crippen LogP contribution in [-0.4, -0.2) is 84.8 Å². The Bertz CT molecular complexity index is 1080. The molecule has 2 heterocycles. The second-order valence-electron chi connectivity index (χ2n) is 9.04. The zero-order valence-corrected chi connectivity index (χ0v) is 20.3. The Morgan fingerprint density at radius 2 is 1.27 bits per heavy atom. The van der Waals surface area contributed by atoms with Gasteiger partial charge in [0.15, 0.2) is 0 Å². The van der Waals surface area contributed by atoms with Crippen molar-refractivity contribution in [3.8, 4) is 0 Å². The number of hydrogen-bond donors (Lipinski definition) is 5. The first-order chi connectivity index (χ1) is 17.8. The smallest absolute Gasteiger partial charge is 0.480 e. The van der Waals surface area contributed by atoms with Crippen molar-refractivity contribution in [3.63, 3.8) is 0 Å². The molecule has 0 saturated carbocycles. The van der Waals surface area contributed by atoms with Crippen molar-refractivity contribution >= 4 is 42.9 Å². The molecule has 11 nitrogen and oxygen atoms in total. The molecule has 0 aromatic heterocycles. The van der Waals surface area contributed by atoms with E-state index in [2.05, 4.69) is 10.6 Å². The van der Waals surface area contributed by atoms with Crippen molar-refractivity contribution in [2.45, 2.75) is 26.1 Å². The molecule has 0 bridgehead atoms. The quantitative estimate of drug-likeness (QED) is 0.169. The highest BCUT2D eigenvalue weighted by Gasteiger charge is 2.29. The summed E-state index contributed by atoms with van der Waals surface area (Å²) in [7, 11) is -2.04. The summed E-state index contributed by atoms with van der Waals surface area (Å²) >= 11 is 0. The third-order valence-electron chi connectivity index (χ3n) is 6.37. The third kappa shape index (κ3) is 6.96. The molecule has 13 heteroatoms. The van der Waals surface area contributed by atoms with Crippen LogP contribution in [0.15, 0.2) is 36.4 Å². The number of rotatable bonds is 12. The van der Waals surface area contributed by atoms with Crippen molar-refractivity contribution in [2.24, 2.45) is 0 Å². The van der Waals surface area contributed by atoms with Gasteiger partial charge in [-0.2, -0.15) is 0 Å². The van der Waals surface area contributed by atoms with Gasteiger partial charge in [0.2, 0.25) is 0 Å². The van der Waals surface area contributed by atoms with Crippen LogP contribution in [0, 0.1) is 0 Å². The lowest BCUT2D eigenvalue weighted by atomic mass is 9.79. The maximum absolute atomic E-state index is 12.4. The fourth-order valence-electron chi connectivity index (χ4n) is 4.39. The predicted molar refractivity (Wildman–Crippen MR) is 136 cm³/mol. The molecule has 2 aliphatic heterocycles. The van der Waals surface area contributed by atoms with Gasteiger partial charge in [0.05, 0.1) is 19.8 Å². The van der Waals surface area contributed by atoms with Crippen molar-refractivity contribution in [2.75, 3.05) is 32.7 Å². The van der Waals surface area contributed by atoms with Gasteiger partial charge in [-0.3, -0.25) is 19.3 Å². The van der Waals surface area contributed by atoms with Gasteiger partial charge in [-0.05, 0) is 59.2 Å². The molecule has 0 radical (unpaired) electrons. The first-order valence-corrected chi connectivity index (χ1v) is 12.2. The molecule has 2 aliphatic rings. The molecule has 0 fully saturated rings. The van der Waals surface area contributed by atoms with Crippen LogP contribution in [0.4, 0.5) is 0 Å². The maximum Gasteiger partial charge on any atom is 0.491 e. The minimum atomic E-state index is -1.02. The largest absolute Gasteiger partial charge is 0.491 e. The highest BCUT2D eigenvalue weighted by atomic mass is 16.5. The zero-order valence-electron chi connectivity index (χ0n) is 20.3. The number of nitrogens with zero attached hydrogens (tertiary/aromatic N) is 1. The Kier molecular flexibility index (Phi) is 8.95. The second kappa shape index (κ2) is 12.3. The fourth-order valence-corrected chi connectivity index (χ4v) is 4.39. The fraction of sp³-hybridized carbons (Fsp3) is 0.375. The Hall–Kier alpha value is -3.22. The van der Waals surface area contributed by atoms with Gasteiger partial charge >= 0.3 is 20.2 Å². The summed E-state index contributed by atoms with van der Waals surface area (Å²) in [5, 5.41) is 34.5. The number of amides is 2. The van der Waals surface area contributed by atoms with E-state index in [-0.39, 0.29) is 18.4 Å². The van der Waals surface area contributed by atoms with E-state index in [9.17, 15) is 29.5 Å². The summed E-state index contributed by atoms with van der Waals surface area (Å²) in [5.41, 5.74) is 3.74. The topological polar surface area (TPSA) is 158 Å². The minimum absolute atomic E-state index is 0.146. The normalized spacial score (nSPS) is 14.0. The second-order valence-corrected chi connectivity index (χ2v) is 9.04. The number of nitrogens with one attached hydrogen (secondary N) is 2. The number of fused-ring (bicyclic) bond motifs is 2. The van der Waals surface area contributed by atoms with Crippen LogP contribution in [0.2, 0.25) is 0 Å². The first kappa shape index (κ1) is 26.8. The molecule has 0 aliphatic carbocycles. The van der Waals surface area contributed by atoms with Crippen LogP contribution in [0.5, 0.6) is 0 Å². The predicted octanol–water partition coefficient (Wildman–Crippen LogP) is -1.55. The van der Waals surface area contributed by atoms with Gasteiger partial charge in [-0.1, -0.05) is 12.1 Å². The van der Waals surface area contributed by atoms with E-state index in [4.69, 9.17) is 9.31 Å². The van der Waals surface area contributed by atoms with Gasteiger partial charge in [0.1, 0.15) is 0 Å². The summed E-state index contributed by atoms with van der Waals surface area (Å²) in [4.78, 5) is 37.9. The van der Waals surface area contributed by atoms with E-state index in [0.29, 0.717) is 74.3 Å². The van der Waals surface area contributed by atoms with Crippen molar-refractivity contribution in [1.82, 2.24) is 15.5 Å². The van der Waals surface area contributed by atoms with Crippen molar-refractivity contribution in [1.29, 1.82) is 0 Å². The number of carboxylic acids is 1. The molecule has 5 N–H and O–H groups in total. The first-order valence-electron chi connectivity index (χ1n) is 12.2. The molecular weight excluding hydrogens is 480 g/mol. The third-order valence-corrected chi connectivity index (χ3v) is 6.37. The molecule has 194 valence electrons. The van der Waals surface area contributed by atoms with Gasteiger partial charge in [0, 0.05) is 37.3 Å². The summed E-state index contributed by atoms with van der Waals surface area (Å²) < 4.78 is 10.3. The highest BCUT2D eigenvalue weighted by Crippen LogP contribution is 2.12. The molecule has 37 heavy (non-hydrogen) atoms. The van der Waals surface area contributed by atoms with Crippen LogP contribution in [0.25, 0.3) is 0 Å². The van der Waals surface area contributed by atoms with Crippen molar-refractivity contribution in [3.05, 3.63) is 58.7 Å². The molecule has 0 saturated heterocycles. The average Bonchev–Trinajstić information content (AvgIpc) is 3.45. The van der Waals surface area contributed by atoms with E-state index < -0.39 is 20.2 Å². The maximum atomic E-state index is 12.4. The number of hydrogen-bond acceptors (Lipinski definition) is 8. The van der Waals surface area contributed by atoms with Gasteiger partial charge in [-0.15, -0.1) is 0 Å². The lowest BCUT2D eigenvalue weighted by Crippen LogP contribution is -2.36. The Labute approximate surface area is 215 Å². The Balaban J connectivity index is 1.17. The van der Waals surface area contributed by atoms with E-state index in [1.54, 1.807) is 41.3 Å². The van der Waals surface area contributed by atoms with Crippen LogP contribution < -0.4 is 21.6 Å². The summed E-state index contributed by atoms with van der Waals surface area (Å²) in [6.07, 6.45) is 1.09. The lowest BCUT2D eigenvalue weighted by molar-refractivity contribution is -0.138. The monoisotopic (exact) mass is 509 g/mol. The summed E-state index contributed by atoms with van der Waals surface area (Å²) in [6.45, 7) is 2.11. The zero-order chi connectivity index (χ0) is 26.4. The highest BCUT2D eigenvalue weighted by molar-refractivity contribution is 6.62. The minimum Gasteiger partial charge on any atom is -0.480 e. The molecule has 0 spiro atoms. The van der Waals surface area contributed by atoms with Crippen LogP contribution in [0.3, 0.4) is 0 Å². The number of aliphatic carboxylic acids is 1. The molecule has 4 rings (SSSR count). The number of benzene rings is 2. The number of carbonyl (C=O) groups is 3. The SMILES string of the molecule is O=C(O)CN(CCCNC(=O)c1ccc2c(c1)B(O)OC2)CCCNC(=O)c1ccc2c(c1)B(O)OC2. The molecule has 0 atom stereocenters. The van der Waals surface area contributed by atoms with Gasteiger partial charge < -0.3 is 35.1 Å².